The Kier molecular flexibility index (Phi) is 3.56. The maximum atomic E-state index is 4.24. The molecule has 2 heterocycles. The Labute approximate surface area is 91.5 Å². The Morgan fingerprint density at radius 3 is 3.13 bits per heavy atom. The van der Waals surface area contributed by atoms with E-state index in [1.165, 1.54) is 25.8 Å². The molecule has 15 heavy (non-hydrogen) atoms. The van der Waals surface area contributed by atoms with Crippen LogP contribution in [0.1, 0.15) is 19.3 Å². The molecule has 1 aromatic rings. The molecule has 1 fully saturated rings. The van der Waals surface area contributed by atoms with Gasteiger partial charge in [-0.3, -0.25) is 0 Å². The van der Waals surface area contributed by atoms with Gasteiger partial charge in [0.2, 0.25) is 0 Å². The van der Waals surface area contributed by atoms with Crippen molar-refractivity contribution in [3.8, 4) is 0 Å². The first-order valence-corrected chi connectivity index (χ1v) is 5.71. The Balaban J connectivity index is 1.71. The summed E-state index contributed by atoms with van der Waals surface area (Å²) in [4.78, 5) is 6.70. The molecule has 2 rings (SSSR count). The molecule has 3 heteroatoms. The Morgan fingerprint density at radius 2 is 2.47 bits per heavy atom. The highest BCUT2D eigenvalue weighted by Gasteiger charge is 2.19. The largest absolute Gasteiger partial charge is 0.370 e. The third kappa shape index (κ3) is 2.93. The second kappa shape index (κ2) is 5.12. The van der Waals surface area contributed by atoms with E-state index in [1.807, 2.05) is 24.4 Å². The van der Waals surface area contributed by atoms with Crippen LogP contribution in [0, 0.1) is 0 Å². The average molecular weight is 205 g/mol. The van der Waals surface area contributed by atoms with Crippen LogP contribution >= 0.6 is 0 Å². The Hall–Kier alpha value is -1.09. The van der Waals surface area contributed by atoms with Gasteiger partial charge in [0.1, 0.15) is 5.82 Å². The molecule has 0 aliphatic carbocycles. The standard InChI is InChI=1S/C12H19N3/c1-15-10-4-5-11(15)7-9-14-12-6-2-3-8-13-12/h2-3,6,8,11H,4-5,7,9-10H2,1H3,(H,13,14). The molecule has 82 valence electrons. The van der Waals surface area contributed by atoms with Gasteiger partial charge in [0, 0.05) is 18.8 Å². The summed E-state index contributed by atoms with van der Waals surface area (Å²) in [6.45, 7) is 2.28. The van der Waals surface area contributed by atoms with Gasteiger partial charge in [-0.2, -0.15) is 0 Å². The molecule has 3 nitrogen and oxygen atoms in total. The molecular formula is C12H19N3. The highest BCUT2D eigenvalue weighted by molar-refractivity contribution is 5.32. The Morgan fingerprint density at radius 1 is 1.53 bits per heavy atom. The fourth-order valence-electron chi connectivity index (χ4n) is 2.18. The van der Waals surface area contributed by atoms with Crippen LogP contribution in [0.4, 0.5) is 5.82 Å². The van der Waals surface area contributed by atoms with Crippen LogP contribution in [0.15, 0.2) is 24.4 Å². The molecule has 0 radical (unpaired) electrons. The molecule has 0 bridgehead atoms. The van der Waals surface area contributed by atoms with Crippen LogP contribution < -0.4 is 5.32 Å². The first-order chi connectivity index (χ1) is 7.36. The highest BCUT2D eigenvalue weighted by atomic mass is 15.1. The van der Waals surface area contributed by atoms with Crippen molar-refractivity contribution in [1.29, 1.82) is 0 Å². The van der Waals surface area contributed by atoms with E-state index in [-0.39, 0.29) is 0 Å². The lowest BCUT2D eigenvalue weighted by molar-refractivity contribution is 0.301. The van der Waals surface area contributed by atoms with Gasteiger partial charge in [0.15, 0.2) is 0 Å². The van der Waals surface area contributed by atoms with E-state index in [1.54, 1.807) is 0 Å². The summed E-state index contributed by atoms with van der Waals surface area (Å²) in [7, 11) is 2.22. The number of pyridine rings is 1. The molecule has 1 aliphatic rings. The Bertz CT molecular complexity index is 286. The molecular weight excluding hydrogens is 186 g/mol. The second-order valence-corrected chi connectivity index (χ2v) is 4.21. The van der Waals surface area contributed by atoms with Crippen LogP contribution in [0.25, 0.3) is 0 Å². The fraction of sp³-hybridized carbons (Fsp3) is 0.583. The molecule has 0 amide bonds. The van der Waals surface area contributed by atoms with Crippen molar-refractivity contribution in [3.05, 3.63) is 24.4 Å². The molecule has 0 spiro atoms. The maximum Gasteiger partial charge on any atom is 0.125 e. The van der Waals surface area contributed by atoms with Crippen LogP contribution in [0.5, 0.6) is 0 Å². The van der Waals surface area contributed by atoms with Gasteiger partial charge in [-0.05, 0) is 45.0 Å². The summed E-state index contributed by atoms with van der Waals surface area (Å²) >= 11 is 0. The van der Waals surface area contributed by atoms with E-state index in [4.69, 9.17) is 0 Å². The van der Waals surface area contributed by atoms with E-state index >= 15 is 0 Å². The lowest BCUT2D eigenvalue weighted by Gasteiger charge is -2.19. The second-order valence-electron chi connectivity index (χ2n) is 4.21. The van der Waals surface area contributed by atoms with Crippen molar-refractivity contribution in [3.63, 3.8) is 0 Å². The van der Waals surface area contributed by atoms with Crippen LogP contribution in [0.2, 0.25) is 0 Å². The molecule has 0 aromatic carbocycles. The summed E-state index contributed by atoms with van der Waals surface area (Å²) in [5.74, 6) is 0.984. The predicted molar refractivity (Wildman–Crippen MR) is 63.0 cm³/mol. The fourth-order valence-corrected chi connectivity index (χ4v) is 2.18. The topological polar surface area (TPSA) is 28.2 Å². The molecule has 1 atom stereocenters. The highest BCUT2D eigenvalue weighted by Crippen LogP contribution is 2.17. The number of nitrogens with one attached hydrogen (secondary N) is 1. The molecule has 1 N–H and O–H groups in total. The minimum atomic E-state index is 0.765. The number of aromatic nitrogens is 1. The summed E-state index contributed by atoms with van der Waals surface area (Å²) in [6.07, 6.45) is 5.74. The molecule has 1 unspecified atom stereocenters. The van der Waals surface area contributed by atoms with Crippen LogP contribution in [-0.4, -0.2) is 36.1 Å². The maximum absolute atomic E-state index is 4.24. The monoisotopic (exact) mass is 205 g/mol. The van der Waals surface area contributed by atoms with E-state index in [0.29, 0.717) is 0 Å². The minimum Gasteiger partial charge on any atom is -0.370 e. The summed E-state index contributed by atoms with van der Waals surface area (Å²) in [6, 6.07) is 6.73. The zero-order valence-corrected chi connectivity index (χ0v) is 9.32. The quantitative estimate of drug-likeness (QED) is 0.814. The lowest BCUT2D eigenvalue weighted by atomic mass is 10.1. The third-order valence-corrected chi connectivity index (χ3v) is 3.12. The summed E-state index contributed by atoms with van der Waals surface area (Å²) in [5.41, 5.74) is 0. The molecule has 1 aliphatic heterocycles. The van der Waals surface area contributed by atoms with Crippen molar-refractivity contribution in [2.45, 2.75) is 25.3 Å². The number of anilines is 1. The molecule has 1 aromatic heterocycles. The molecule has 1 saturated heterocycles. The van der Waals surface area contributed by atoms with Crippen LogP contribution in [-0.2, 0) is 0 Å². The van der Waals surface area contributed by atoms with Crippen molar-refractivity contribution in [2.24, 2.45) is 0 Å². The number of likely N-dealkylation sites (tertiary alicyclic amines) is 1. The van der Waals surface area contributed by atoms with Crippen LogP contribution in [0.3, 0.4) is 0 Å². The van der Waals surface area contributed by atoms with E-state index in [9.17, 15) is 0 Å². The van der Waals surface area contributed by atoms with Gasteiger partial charge in [-0.25, -0.2) is 4.98 Å². The zero-order valence-electron chi connectivity index (χ0n) is 9.32. The first-order valence-electron chi connectivity index (χ1n) is 5.71. The first kappa shape index (κ1) is 10.4. The third-order valence-electron chi connectivity index (χ3n) is 3.12. The molecule has 0 saturated carbocycles. The normalized spacial score (nSPS) is 21.8. The van der Waals surface area contributed by atoms with Crippen molar-refractivity contribution < 1.29 is 0 Å². The van der Waals surface area contributed by atoms with E-state index in [0.717, 1.165) is 18.4 Å². The van der Waals surface area contributed by atoms with Gasteiger partial charge < -0.3 is 10.2 Å². The number of nitrogens with zero attached hydrogens (tertiary/aromatic N) is 2. The lowest BCUT2D eigenvalue weighted by Crippen LogP contribution is -2.27. The van der Waals surface area contributed by atoms with Crippen molar-refractivity contribution in [1.82, 2.24) is 9.88 Å². The van der Waals surface area contributed by atoms with Crippen molar-refractivity contribution >= 4 is 5.82 Å². The van der Waals surface area contributed by atoms with Crippen molar-refractivity contribution in [2.75, 3.05) is 25.5 Å². The predicted octanol–water partition coefficient (Wildman–Crippen LogP) is 1.98. The van der Waals surface area contributed by atoms with E-state index in [2.05, 4.69) is 22.2 Å². The van der Waals surface area contributed by atoms with Gasteiger partial charge in [-0.15, -0.1) is 0 Å². The smallest absolute Gasteiger partial charge is 0.125 e. The number of hydrogen-bond acceptors (Lipinski definition) is 3. The number of hydrogen-bond donors (Lipinski definition) is 1. The zero-order chi connectivity index (χ0) is 10.5. The van der Waals surface area contributed by atoms with Gasteiger partial charge >= 0.3 is 0 Å². The van der Waals surface area contributed by atoms with Gasteiger partial charge in [0.05, 0.1) is 0 Å². The van der Waals surface area contributed by atoms with Gasteiger partial charge in [0.25, 0.3) is 0 Å². The summed E-state index contributed by atoms with van der Waals surface area (Å²) < 4.78 is 0. The SMILES string of the molecule is CN1CCCC1CCNc1ccccn1. The van der Waals surface area contributed by atoms with Gasteiger partial charge in [-0.1, -0.05) is 6.07 Å². The minimum absolute atomic E-state index is 0.765. The average Bonchev–Trinajstić information content (AvgIpc) is 2.66. The number of rotatable bonds is 4. The van der Waals surface area contributed by atoms with E-state index < -0.39 is 0 Å². The summed E-state index contributed by atoms with van der Waals surface area (Å²) in [5, 5.41) is 3.35.